The molecule has 0 unspecified atom stereocenters. The van der Waals surface area contributed by atoms with Crippen LogP contribution in [0.5, 0.6) is 0 Å². The summed E-state index contributed by atoms with van der Waals surface area (Å²) in [5, 5.41) is 6.76. The van der Waals surface area contributed by atoms with E-state index in [0.29, 0.717) is 6.54 Å². The topological polar surface area (TPSA) is 39.7 Å². The quantitative estimate of drug-likeness (QED) is 0.334. The fourth-order valence-electron chi connectivity index (χ4n) is 3.12. The summed E-state index contributed by atoms with van der Waals surface area (Å²) in [7, 11) is 0. The predicted molar refractivity (Wildman–Crippen MR) is 134 cm³/mol. The molecule has 28 heavy (non-hydrogen) atoms. The minimum Gasteiger partial charge on any atom is -0.370 e. The van der Waals surface area contributed by atoms with Crippen molar-refractivity contribution in [1.82, 2.24) is 10.6 Å². The molecule has 0 saturated carbocycles. The van der Waals surface area contributed by atoms with Gasteiger partial charge in [-0.05, 0) is 36.6 Å². The lowest BCUT2D eigenvalue weighted by molar-refractivity contribution is 0.799. The van der Waals surface area contributed by atoms with Crippen LogP contribution in [0.15, 0.2) is 59.6 Å². The van der Waals surface area contributed by atoms with Crippen LogP contribution in [0.25, 0.3) is 0 Å². The highest BCUT2D eigenvalue weighted by molar-refractivity contribution is 14.0. The lowest BCUT2D eigenvalue weighted by atomic mass is 10.1. The third-order valence-corrected chi connectivity index (χ3v) is 5.57. The maximum Gasteiger partial charge on any atom is 0.191 e. The van der Waals surface area contributed by atoms with E-state index in [9.17, 15) is 0 Å². The summed E-state index contributed by atoms with van der Waals surface area (Å²) in [6, 6.07) is 19.4. The molecule has 0 radical (unpaired) electrons. The van der Waals surface area contributed by atoms with Crippen LogP contribution in [-0.4, -0.2) is 43.6 Å². The Morgan fingerprint density at radius 3 is 2.36 bits per heavy atom. The molecule has 0 atom stereocenters. The molecule has 0 aromatic heterocycles. The highest BCUT2D eigenvalue weighted by atomic mass is 127. The molecule has 2 aromatic rings. The van der Waals surface area contributed by atoms with Crippen LogP contribution in [0.2, 0.25) is 0 Å². The molecule has 0 amide bonds. The second-order valence-electron chi connectivity index (χ2n) is 6.62. The van der Waals surface area contributed by atoms with Crippen molar-refractivity contribution in [2.45, 2.75) is 19.9 Å². The molecule has 0 aliphatic carbocycles. The van der Waals surface area contributed by atoms with E-state index in [2.05, 4.69) is 77.1 Å². The van der Waals surface area contributed by atoms with E-state index in [1.807, 2.05) is 11.8 Å². The Bertz CT molecular complexity index is 700. The zero-order valence-electron chi connectivity index (χ0n) is 16.6. The van der Waals surface area contributed by atoms with Crippen LogP contribution in [0.1, 0.15) is 18.1 Å². The van der Waals surface area contributed by atoms with Gasteiger partial charge in [0.05, 0.1) is 6.54 Å². The Balaban J connectivity index is 0.00000280. The molecular formula is C22H31IN4S. The van der Waals surface area contributed by atoms with Crippen molar-refractivity contribution in [3.05, 3.63) is 65.7 Å². The number of nitrogens with one attached hydrogen (secondary N) is 2. The molecule has 152 valence electrons. The third-order valence-electron chi connectivity index (χ3n) is 4.63. The molecule has 1 aliphatic heterocycles. The number of benzene rings is 2. The van der Waals surface area contributed by atoms with E-state index in [0.717, 1.165) is 38.6 Å². The zero-order valence-corrected chi connectivity index (χ0v) is 19.7. The standard InChI is InChI=1S/C22H30N4S.HI/c1-2-23-22(24-13-12-19-6-4-3-5-7-19)25-18-20-8-10-21(11-9-20)26-14-16-27-17-15-26;/h3-11H,2,12-18H2,1H3,(H2,23,24,25);1H. The minimum atomic E-state index is 0. The molecule has 1 saturated heterocycles. The highest BCUT2D eigenvalue weighted by Gasteiger charge is 2.10. The van der Waals surface area contributed by atoms with Gasteiger partial charge in [-0.3, -0.25) is 0 Å². The zero-order chi connectivity index (χ0) is 18.7. The monoisotopic (exact) mass is 510 g/mol. The molecule has 2 N–H and O–H groups in total. The van der Waals surface area contributed by atoms with Crippen molar-refractivity contribution in [3.8, 4) is 0 Å². The van der Waals surface area contributed by atoms with Gasteiger partial charge in [-0.1, -0.05) is 42.5 Å². The number of hydrogen-bond donors (Lipinski definition) is 2. The number of hydrogen-bond acceptors (Lipinski definition) is 3. The summed E-state index contributed by atoms with van der Waals surface area (Å²) in [6.07, 6.45) is 0.994. The van der Waals surface area contributed by atoms with Crippen LogP contribution in [0.4, 0.5) is 5.69 Å². The number of nitrogens with zero attached hydrogens (tertiary/aromatic N) is 2. The Morgan fingerprint density at radius 1 is 0.964 bits per heavy atom. The Labute approximate surface area is 190 Å². The van der Waals surface area contributed by atoms with E-state index >= 15 is 0 Å². The first-order chi connectivity index (χ1) is 13.3. The second kappa shape index (κ2) is 12.9. The van der Waals surface area contributed by atoms with E-state index in [1.54, 1.807) is 0 Å². The van der Waals surface area contributed by atoms with E-state index < -0.39 is 0 Å². The normalized spacial score (nSPS) is 14.3. The molecule has 0 spiro atoms. The van der Waals surface area contributed by atoms with Gasteiger partial charge in [0.2, 0.25) is 0 Å². The van der Waals surface area contributed by atoms with Crippen LogP contribution in [0, 0.1) is 0 Å². The number of thioether (sulfide) groups is 1. The SMILES string of the molecule is CCNC(=NCc1ccc(N2CCSCC2)cc1)NCCc1ccccc1.I. The molecule has 3 rings (SSSR count). The summed E-state index contributed by atoms with van der Waals surface area (Å²) in [6.45, 7) is 6.83. The van der Waals surface area contributed by atoms with E-state index in [1.165, 1.54) is 28.3 Å². The van der Waals surface area contributed by atoms with Crippen LogP contribution < -0.4 is 15.5 Å². The Kier molecular flexibility index (Phi) is 10.6. The van der Waals surface area contributed by atoms with Gasteiger partial charge in [0.25, 0.3) is 0 Å². The number of anilines is 1. The summed E-state index contributed by atoms with van der Waals surface area (Å²) >= 11 is 2.04. The Hall–Kier alpha value is -1.41. The van der Waals surface area contributed by atoms with Crippen molar-refractivity contribution >= 4 is 47.4 Å². The number of halogens is 1. The number of rotatable bonds is 7. The smallest absolute Gasteiger partial charge is 0.191 e. The van der Waals surface area contributed by atoms with Crippen LogP contribution in [-0.2, 0) is 13.0 Å². The predicted octanol–water partition coefficient (Wildman–Crippen LogP) is 4.16. The van der Waals surface area contributed by atoms with Gasteiger partial charge in [-0.15, -0.1) is 24.0 Å². The Morgan fingerprint density at radius 2 is 1.68 bits per heavy atom. The molecule has 1 heterocycles. The van der Waals surface area contributed by atoms with E-state index in [-0.39, 0.29) is 24.0 Å². The molecule has 0 bridgehead atoms. The van der Waals surface area contributed by atoms with Gasteiger partial charge < -0.3 is 15.5 Å². The lowest BCUT2D eigenvalue weighted by Gasteiger charge is -2.28. The van der Waals surface area contributed by atoms with Crippen molar-refractivity contribution in [2.75, 3.05) is 42.6 Å². The summed E-state index contributed by atoms with van der Waals surface area (Å²) in [4.78, 5) is 7.21. The van der Waals surface area contributed by atoms with Gasteiger partial charge in [-0.2, -0.15) is 11.8 Å². The summed E-state index contributed by atoms with van der Waals surface area (Å²) < 4.78 is 0. The van der Waals surface area contributed by atoms with Gasteiger partial charge in [-0.25, -0.2) is 4.99 Å². The minimum absolute atomic E-state index is 0. The van der Waals surface area contributed by atoms with Gasteiger partial charge in [0, 0.05) is 43.4 Å². The third kappa shape index (κ3) is 7.54. The van der Waals surface area contributed by atoms with Gasteiger partial charge in [0.1, 0.15) is 0 Å². The summed E-state index contributed by atoms with van der Waals surface area (Å²) in [5.74, 6) is 3.34. The second-order valence-corrected chi connectivity index (χ2v) is 7.85. The number of aliphatic imine (C=N–C) groups is 1. The average Bonchev–Trinajstić information content (AvgIpc) is 2.74. The first-order valence-electron chi connectivity index (χ1n) is 9.83. The summed E-state index contributed by atoms with van der Waals surface area (Å²) in [5.41, 5.74) is 3.91. The fraction of sp³-hybridized carbons (Fsp3) is 0.409. The molecule has 6 heteroatoms. The molecule has 2 aromatic carbocycles. The maximum absolute atomic E-state index is 4.73. The highest BCUT2D eigenvalue weighted by Crippen LogP contribution is 2.20. The number of guanidine groups is 1. The van der Waals surface area contributed by atoms with Crippen molar-refractivity contribution < 1.29 is 0 Å². The first kappa shape index (κ1) is 22.9. The van der Waals surface area contributed by atoms with E-state index in [4.69, 9.17) is 4.99 Å². The molecular weight excluding hydrogens is 479 g/mol. The molecule has 1 aliphatic rings. The fourth-order valence-corrected chi connectivity index (χ4v) is 4.02. The van der Waals surface area contributed by atoms with Crippen molar-refractivity contribution in [3.63, 3.8) is 0 Å². The largest absolute Gasteiger partial charge is 0.370 e. The van der Waals surface area contributed by atoms with Crippen molar-refractivity contribution in [1.29, 1.82) is 0 Å². The molecule has 1 fully saturated rings. The maximum atomic E-state index is 4.73. The lowest BCUT2D eigenvalue weighted by Crippen LogP contribution is -2.38. The van der Waals surface area contributed by atoms with Crippen molar-refractivity contribution in [2.24, 2.45) is 4.99 Å². The van der Waals surface area contributed by atoms with Crippen LogP contribution >= 0.6 is 35.7 Å². The van der Waals surface area contributed by atoms with Gasteiger partial charge in [0.15, 0.2) is 5.96 Å². The van der Waals surface area contributed by atoms with Crippen LogP contribution in [0.3, 0.4) is 0 Å². The average molecular weight is 510 g/mol. The first-order valence-corrected chi connectivity index (χ1v) is 11.0. The molecule has 4 nitrogen and oxygen atoms in total. The van der Waals surface area contributed by atoms with Gasteiger partial charge >= 0.3 is 0 Å².